The molecule has 2 amide bonds. The number of benzene rings is 1. The van der Waals surface area contributed by atoms with Crippen LogP contribution in [0.1, 0.15) is 23.7 Å². The number of Topliss-reactive ketones (excluding diaryl/α,β-unsaturated/α-hetero) is 1. The highest BCUT2D eigenvalue weighted by molar-refractivity contribution is 7.86. The van der Waals surface area contributed by atoms with Crippen LogP contribution in [-0.2, 0) is 20.4 Å². The number of anilines is 1. The van der Waals surface area contributed by atoms with Gasteiger partial charge in [0.15, 0.2) is 5.78 Å². The molecule has 6 nitrogen and oxygen atoms in total. The van der Waals surface area contributed by atoms with E-state index in [1.54, 1.807) is 12.1 Å². The zero-order chi connectivity index (χ0) is 14.9. The molecular formula is C13H14N2O4S. The minimum atomic E-state index is -1.47. The molecule has 0 spiro atoms. The van der Waals surface area contributed by atoms with Gasteiger partial charge < -0.3 is 10.6 Å². The van der Waals surface area contributed by atoms with Crippen LogP contribution in [0.2, 0.25) is 0 Å². The highest BCUT2D eigenvalue weighted by atomic mass is 32.2. The Labute approximate surface area is 118 Å². The molecule has 1 unspecified atom stereocenters. The van der Waals surface area contributed by atoms with Gasteiger partial charge in [-0.2, -0.15) is 0 Å². The molecule has 20 heavy (non-hydrogen) atoms. The first-order chi connectivity index (χ1) is 9.40. The number of nitrogens with zero attached hydrogens (tertiary/aromatic N) is 1. The van der Waals surface area contributed by atoms with Gasteiger partial charge in [-0.25, -0.2) is 0 Å². The second-order valence-corrected chi connectivity index (χ2v) is 5.91. The summed E-state index contributed by atoms with van der Waals surface area (Å²) in [6.45, 7) is 1.57. The third kappa shape index (κ3) is 2.77. The van der Waals surface area contributed by atoms with Gasteiger partial charge >= 0.3 is 0 Å². The average Bonchev–Trinajstić information content (AvgIpc) is 2.37. The molecule has 0 bridgehead atoms. The molecule has 0 aromatic heterocycles. The van der Waals surface area contributed by atoms with Crippen molar-refractivity contribution >= 4 is 34.1 Å². The molecule has 2 N–H and O–H groups in total. The number of hydrogen-bond donors (Lipinski definition) is 1. The molecular weight excluding hydrogens is 280 g/mol. The predicted octanol–water partition coefficient (Wildman–Crippen LogP) is 0.219. The van der Waals surface area contributed by atoms with Crippen molar-refractivity contribution in [2.75, 3.05) is 17.2 Å². The van der Waals surface area contributed by atoms with Crippen molar-refractivity contribution in [1.82, 2.24) is 0 Å². The quantitative estimate of drug-likeness (QED) is 0.803. The van der Waals surface area contributed by atoms with Crippen molar-refractivity contribution < 1.29 is 18.6 Å². The Morgan fingerprint density at radius 1 is 1.40 bits per heavy atom. The number of rotatable bonds is 4. The molecule has 0 radical (unpaired) electrons. The van der Waals surface area contributed by atoms with Crippen LogP contribution >= 0.6 is 0 Å². The predicted molar refractivity (Wildman–Crippen MR) is 73.9 cm³/mol. The number of primary amides is 1. The zero-order valence-electron chi connectivity index (χ0n) is 10.9. The number of hydrogen-bond acceptors (Lipinski definition) is 4. The van der Waals surface area contributed by atoms with Crippen molar-refractivity contribution in [2.24, 2.45) is 5.73 Å². The Kier molecular flexibility index (Phi) is 3.99. The van der Waals surface area contributed by atoms with Gasteiger partial charge in [0.05, 0.1) is 21.4 Å². The molecule has 106 valence electrons. The molecule has 2 rings (SSSR count). The van der Waals surface area contributed by atoms with Crippen LogP contribution in [0.3, 0.4) is 0 Å². The summed E-state index contributed by atoms with van der Waals surface area (Å²) < 4.78 is 12.0. The molecule has 1 aliphatic heterocycles. The molecule has 0 fully saturated rings. The summed E-state index contributed by atoms with van der Waals surface area (Å²) in [7, 11) is -1.47. The van der Waals surface area contributed by atoms with E-state index in [0.717, 1.165) is 0 Å². The van der Waals surface area contributed by atoms with Gasteiger partial charge in [-0.3, -0.25) is 18.6 Å². The summed E-state index contributed by atoms with van der Waals surface area (Å²) in [4.78, 5) is 36.0. The Bertz CT molecular complexity index is 627. The number of carbonyl (C=O) groups excluding carboxylic acids is 3. The van der Waals surface area contributed by atoms with Crippen LogP contribution in [0.5, 0.6) is 0 Å². The van der Waals surface area contributed by atoms with Crippen LogP contribution in [0.25, 0.3) is 0 Å². The van der Waals surface area contributed by atoms with Crippen LogP contribution in [0.4, 0.5) is 5.69 Å². The maximum absolute atomic E-state index is 12.0. The molecule has 1 atom stereocenters. The lowest BCUT2D eigenvalue weighted by Gasteiger charge is -2.28. The fraction of sp³-hybridized carbons (Fsp3) is 0.308. The van der Waals surface area contributed by atoms with Crippen molar-refractivity contribution in [1.29, 1.82) is 0 Å². The first kappa shape index (κ1) is 14.4. The summed E-state index contributed by atoms with van der Waals surface area (Å²) in [6.07, 6.45) is 0.0340. The smallest absolute Gasteiger partial charge is 0.240 e. The molecule has 1 aliphatic rings. The zero-order valence-corrected chi connectivity index (χ0v) is 11.7. The summed E-state index contributed by atoms with van der Waals surface area (Å²) >= 11 is 0. The summed E-state index contributed by atoms with van der Waals surface area (Å²) in [5.41, 5.74) is 6.01. The number of fused-ring (bicyclic) bond motifs is 1. The molecule has 1 heterocycles. The van der Waals surface area contributed by atoms with Crippen LogP contribution in [0.15, 0.2) is 23.1 Å². The second kappa shape index (κ2) is 5.54. The minimum absolute atomic E-state index is 0.0340. The van der Waals surface area contributed by atoms with E-state index >= 15 is 0 Å². The van der Waals surface area contributed by atoms with E-state index in [9.17, 15) is 18.6 Å². The maximum atomic E-state index is 12.0. The largest absolute Gasteiger partial charge is 0.370 e. The van der Waals surface area contributed by atoms with Crippen molar-refractivity contribution in [3.05, 3.63) is 23.8 Å². The van der Waals surface area contributed by atoms with Gasteiger partial charge in [0.25, 0.3) is 0 Å². The first-order valence-corrected chi connectivity index (χ1v) is 7.34. The first-order valence-electron chi connectivity index (χ1n) is 6.02. The van der Waals surface area contributed by atoms with Crippen molar-refractivity contribution in [3.8, 4) is 0 Å². The van der Waals surface area contributed by atoms with Crippen molar-refractivity contribution in [3.63, 3.8) is 0 Å². The van der Waals surface area contributed by atoms with Crippen molar-refractivity contribution in [2.45, 2.75) is 18.2 Å². The summed E-state index contributed by atoms with van der Waals surface area (Å²) in [5.74, 6) is -1.10. The fourth-order valence-corrected chi connectivity index (χ4v) is 3.21. The van der Waals surface area contributed by atoms with Crippen LogP contribution < -0.4 is 10.6 Å². The number of nitrogens with two attached hydrogens (primary N) is 1. The lowest BCUT2D eigenvalue weighted by atomic mass is 10.1. The molecule has 0 saturated carbocycles. The van der Waals surface area contributed by atoms with Gasteiger partial charge in [0.1, 0.15) is 5.75 Å². The Morgan fingerprint density at radius 2 is 2.10 bits per heavy atom. The van der Waals surface area contributed by atoms with Crippen LogP contribution in [-0.4, -0.2) is 34.1 Å². The number of amides is 2. The van der Waals surface area contributed by atoms with Crippen LogP contribution in [0, 0.1) is 0 Å². The van der Waals surface area contributed by atoms with E-state index in [0.29, 0.717) is 16.1 Å². The summed E-state index contributed by atoms with van der Waals surface area (Å²) in [6, 6.07) is 4.70. The summed E-state index contributed by atoms with van der Waals surface area (Å²) in [5, 5.41) is 0. The number of carbonyl (C=O) groups is 3. The third-order valence-corrected chi connectivity index (χ3v) is 4.37. The molecule has 7 heteroatoms. The highest BCUT2D eigenvalue weighted by Crippen LogP contribution is 2.30. The van der Waals surface area contributed by atoms with E-state index < -0.39 is 16.7 Å². The molecule has 1 aromatic rings. The average molecular weight is 294 g/mol. The van der Waals surface area contributed by atoms with Gasteiger partial charge in [-0.15, -0.1) is 0 Å². The van der Waals surface area contributed by atoms with E-state index in [1.165, 1.54) is 17.9 Å². The molecule has 1 aromatic carbocycles. The third-order valence-electron chi connectivity index (χ3n) is 3.04. The highest BCUT2D eigenvalue weighted by Gasteiger charge is 2.29. The maximum Gasteiger partial charge on any atom is 0.240 e. The van der Waals surface area contributed by atoms with Gasteiger partial charge in [0.2, 0.25) is 11.8 Å². The van der Waals surface area contributed by atoms with Gasteiger partial charge in [-0.1, -0.05) is 0 Å². The Balaban J connectivity index is 2.41. The monoisotopic (exact) mass is 294 g/mol. The molecule has 0 saturated heterocycles. The topological polar surface area (TPSA) is 97.5 Å². The second-order valence-electron chi connectivity index (χ2n) is 4.49. The minimum Gasteiger partial charge on any atom is -0.370 e. The lowest BCUT2D eigenvalue weighted by Crippen LogP contribution is -2.40. The van der Waals surface area contributed by atoms with Gasteiger partial charge in [-0.05, 0) is 25.1 Å². The molecule has 0 aliphatic carbocycles. The standard InChI is InChI=1S/C13H14N2O4S/c1-8(16)9-2-3-10-11(6-9)20(19)7-13(18)15(10)5-4-12(14)17/h2-3,6H,4-5,7H2,1H3,(H2,14,17). The Morgan fingerprint density at radius 3 is 2.70 bits per heavy atom. The van der Waals surface area contributed by atoms with E-state index in [2.05, 4.69) is 0 Å². The SMILES string of the molecule is CC(=O)c1ccc2c(c1)S(=O)CC(=O)N2CCC(N)=O. The Hall–Kier alpha value is -2.02. The van der Waals surface area contributed by atoms with E-state index in [4.69, 9.17) is 5.73 Å². The number of ketones is 1. The van der Waals surface area contributed by atoms with E-state index in [1.807, 2.05) is 0 Å². The van der Waals surface area contributed by atoms with E-state index in [-0.39, 0.29) is 30.4 Å². The van der Waals surface area contributed by atoms with Gasteiger partial charge in [0, 0.05) is 18.5 Å². The lowest BCUT2D eigenvalue weighted by molar-refractivity contribution is -0.118. The normalized spacial score (nSPS) is 17.8. The fourth-order valence-electron chi connectivity index (χ4n) is 2.01.